The normalized spacial score (nSPS) is 23.6. The predicted octanol–water partition coefficient (Wildman–Crippen LogP) is 2.23. The fraction of sp³-hybridized carbons (Fsp3) is 0.533. The van der Waals surface area contributed by atoms with Gasteiger partial charge >= 0.3 is 5.71 Å². The van der Waals surface area contributed by atoms with Crippen molar-refractivity contribution in [2.75, 3.05) is 20.8 Å². The highest BCUT2D eigenvalue weighted by atomic mass is 31.1. The Morgan fingerprint density at radius 2 is 2.40 bits per heavy atom. The number of methoxy groups -OCH3 is 1. The second-order valence-electron chi connectivity index (χ2n) is 5.63. The summed E-state index contributed by atoms with van der Waals surface area (Å²) < 4.78 is 22.1. The zero-order valence-electron chi connectivity index (χ0n) is 14.1. The van der Waals surface area contributed by atoms with Crippen LogP contribution in [0.15, 0.2) is 21.8 Å². The molecule has 9 nitrogen and oxygen atoms in total. The minimum Gasteiger partial charge on any atom is -0.455 e. The lowest BCUT2D eigenvalue weighted by atomic mass is 10.2. The largest absolute Gasteiger partial charge is 0.455 e. The van der Waals surface area contributed by atoms with E-state index in [0.29, 0.717) is 23.3 Å². The van der Waals surface area contributed by atoms with Crippen molar-refractivity contribution in [1.29, 1.82) is 0 Å². The number of nitrogens with zero attached hydrogens (tertiary/aromatic N) is 3. The summed E-state index contributed by atoms with van der Waals surface area (Å²) in [7, 11) is 3.39. The Bertz CT molecular complexity index is 861. The van der Waals surface area contributed by atoms with E-state index in [2.05, 4.69) is 14.7 Å². The zero-order chi connectivity index (χ0) is 18.0. The van der Waals surface area contributed by atoms with Crippen molar-refractivity contribution in [1.82, 2.24) is 14.5 Å². The number of aryl methyl sites for hydroxylation is 1. The predicted molar refractivity (Wildman–Crippen MR) is 91.0 cm³/mol. The van der Waals surface area contributed by atoms with E-state index in [1.807, 2.05) is 4.57 Å². The number of hydrogen-bond acceptors (Lipinski definition) is 7. The molecule has 2 aromatic rings. The number of rotatable bonds is 5. The molecule has 134 valence electrons. The molecule has 0 aromatic carbocycles. The third-order valence-corrected chi connectivity index (χ3v) is 4.54. The van der Waals surface area contributed by atoms with Gasteiger partial charge in [0.2, 0.25) is 0 Å². The molecule has 0 amide bonds. The lowest BCUT2D eigenvalue weighted by Gasteiger charge is -2.16. The lowest BCUT2D eigenvalue weighted by Crippen LogP contribution is -2.28. The van der Waals surface area contributed by atoms with Crippen LogP contribution < -0.4 is 5.56 Å². The molecule has 0 saturated carbocycles. The van der Waals surface area contributed by atoms with E-state index < -0.39 is 11.8 Å². The van der Waals surface area contributed by atoms with Gasteiger partial charge in [0.15, 0.2) is 0 Å². The van der Waals surface area contributed by atoms with Gasteiger partial charge in [0, 0.05) is 26.8 Å². The van der Waals surface area contributed by atoms with Gasteiger partial charge in [0.05, 0.1) is 11.5 Å². The van der Waals surface area contributed by atoms with Crippen LogP contribution in [0.5, 0.6) is 0 Å². The molecule has 2 aromatic heterocycles. The fourth-order valence-corrected chi connectivity index (χ4v) is 3.21. The van der Waals surface area contributed by atoms with Gasteiger partial charge in [-0.1, -0.05) is 0 Å². The van der Waals surface area contributed by atoms with Crippen molar-refractivity contribution < 1.29 is 19.0 Å². The summed E-state index contributed by atoms with van der Waals surface area (Å²) in [6, 6.07) is 1.71. The molecular weight excluding hydrogens is 347 g/mol. The Morgan fingerprint density at radius 3 is 3.12 bits per heavy atom. The molecule has 1 aliphatic rings. The highest BCUT2D eigenvalue weighted by Crippen LogP contribution is 2.32. The van der Waals surface area contributed by atoms with Crippen LogP contribution in [-0.4, -0.2) is 53.2 Å². The van der Waals surface area contributed by atoms with Crippen molar-refractivity contribution in [3.05, 3.63) is 28.4 Å². The molecule has 25 heavy (non-hydrogen) atoms. The maximum Gasteiger partial charge on any atom is 0.375 e. The molecule has 1 N–H and O–H groups in total. The van der Waals surface area contributed by atoms with E-state index in [1.54, 1.807) is 26.3 Å². The number of carbonyl (C=O) groups excluding carboxylic acids is 1. The highest BCUT2D eigenvalue weighted by molar-refractivity contribution is 7.47. The molecule has 3 heterocycles. The van der Waals surface area contributed by atoms with Gasteiger partial charge in [0.25, 0.3) is 5.56 Å². The number of hydrogen-bond donors (Lipinski definition) is 1. The summed E-state index contributed by atoms with van der Waals surface area (Å²) in [6.07, 6.45) is 1.35. The summed E-state index contributed by atoms with van der Waals surface area (Å²) in [4.78, 5) is 30.6. The van der Waals surface area contributed by atoms with Gasteiger partial charge < -0.3 is 23.8 Å². The second kappa shape index (κ2) is 7.43. The summed E-state index contributed by atoms with van der Waals surface area (Å²) in [6.45, 7) is 1.81. The average molecular weight is 366 g/mol. The summed E-state index contributed by atoms with van der Waals surface area (Å²) in [5, 5.41) is 0.501. The first-order chi connectivity index (χ1) is 12.0. The molecule has 10 heteroatoms. The number of aromatic nitrogens is 3. The van der Waals surface area contributed by atoms with E-state index in [-0.39, 0.29) is 32.9 Å². The molecular formula is C15H19N4O5P. The fourth-order valence-electron chi connectivity index (χ4n) is 2.92. The minimum atomic E-state index is -0.431. The van der Waals surface area contributed by atoms with Gasteiger partial charge in [-0.25, -0.2) is 9.78 Å². The number of ether oxygens (including phenoxy) is 3. The molecule has 1 fully saturated rings. The third-order valence-electron chi connectivity index (χ3n) is 4.05. The number of aromatic amines is 1. The van der Waals surface area contributed by atoms with E-state index in [4.69, 9.17) is 14.2 Å². The van der Waals surface area contributed by atoms with Crippen molar-refractivity contribution >= 4 is 25.1 Å². The number of nitrogens with one attached hydrogen (secondary N) is 1. The molecule has 2 unspecified atom stereocenters. The van der Waals surface area contributed by atoms with Crippen LogP contribution >= 0.6 is 8.37 Å². The first kappa shape index (κ1) is 17.7. The zero-order valence-corrected chi connectivity index (χ0v) is 15.0. The highest BCUT2D eigenvalue weighted by Gasteiger charge is 2.37. The van der Waals surface area contributed by atoms with Crippen LogP contribution in [0.1, 0.15) is 18.5 Å². The SMILES string of the molecule is CN=PC(=O)OCC1OC(n2ccc3c(=O)[nH]c(C)nc32)C[C@H]1OC. The van der Waals surface area contributed by atoms with Crippen molar-refractivity contribution in [3.8, 4) is 0 Å². The number of fused-ring (bicyclic) bond motifs is 1. The molecule has 0 bridgehead atoms. The third kappa shape index (κ3) is 3.63. The monoisotopic (exact) mass is 366 g/mol. The van der Waals surface area contributed by atoms with Crippen molar-refractivity contribution in [3.63, 3.8) is 0 Å². The summed E-state index contributed by atoms with van der Waals surface area (Å²) in [5.41, 5.74) is -0.0583. The minimum absolute atomic E-state index is 0.0859. The molecule has 0 radical (unpaired) electrons. The average Bonchev–Trinajstić information content (AvgIpc) is 3.16. The van der Waals surface area contributed by atoms with Gasteiger partial charge in [-0.05, 0) is 13.0 Å². The van der Waals surface area contributed by atoms with Crippen LogP contribution in [0.2, 0.25) is 0 Å². The Balaban J connectivity index is 1.80. The molecule has 3 rings (SSSR count). The first-order valence-corrected chi connectivity index (χ1v) is 8.60. The van der Waals surface area contributed by atoms with Crippen LogP contribution in [0.25, 0.3) is 11.0 Å². The van der Waals surface area contributed by atoms with Crippen LogP contribution in [0, 0.1) is 6.92 Å². The molecule has 1 saturated heterocycles. The first-order valence-electron chi connectivity index (χ1n) is 7.75. The van der Waals surface area contributed by atoms with Gasteiger partial charge in [-0.3, -0.25) is 9.54 Å². The van der Waals surface area contributed by atoms with Gasteiger partial charge in [-0.15, -0.1) is 0 Å². The van der Waals surface area contributed by atoms with E-state index in [9.17, 15) is 9.59 Å². The quantitative estimate of drug-likeness (QED) is 0.813. The maximum atomic E-state index is 12.0. The number of carbonyl (C=O) groups is 1. The Hall–Kier alpha value is -2.09. The summed E-state index contributed by atoms with van der Waals surface area (Å²) >= 11 is 0. The summed E-state index contributed by atoms with van der Waals surface area (Å²) in [5.74, 6) is 0.534. The Kier molecular flexibility index (Phi) is 5.27. The van der Waals surface area contributed by atoms with E-state index in [0.717, 1.165) is 0 Å². The van der Waals surface area contributed by atoms with Crippen molar-refractivity contribution in [2.45, 2.75) is 31.8 Å². The molecule has 1 aliphatic heterocycles. The van der Waals surface area contributed by atoms with Crippen molar-refractivity contribution in [2.24, 2.45) is 4.74 Å². The van der Waals surface area contributed by atoms with E-state index in [1.165, 1.54) is 7.05 Å². The Morgan fingerprint density at radius 1 is 1.60 bits per heavy atom. The standard InChI is InChI=1S/C15H19N4O5P/c1-8-17-13-9(14(20)18-8)4-5-19(13)12-6-10(22-3)11(24-12)7-23-15(21)25-16-2/h4-5,10-12H,6-7H2,1-3H3,(H,17,18,20)/t10-,11?,12?/m1/s1. The second-order valence-corrected chi connectivity index (χ2v) is 6.59. The smallest absolute Gasteiger partial charge is 0.375 e. The molecule has 3 atom stereocenters. The van der Waals surface area contributed by atoms with E-state index >= 15 is 0 Å². The maximum absolute atomic E-state index is 12.0. The number of H-pyrrole nitrogens is 1. The molecule has 0 spiro atoms. The lowest BCUT2D eigenvalue weighted by molar-refractivity contribution is -0.0513. The molecule has 0 aliphatic carbocycles. The topological polar surface area (TPSA) is 108 Å². The van der Waals surface area contributed by atoms with Crippen LogP contribution in [0.4, 0.5) is 4.79 Å². The van der Waals surface area contributed by atoms with Gasteiger partial charge in [-0.2, -0.15) is 0 Å². The van der Waals surface area contributed by atoms with Gasteiger partial charge in [0.1, 0.15) is 38.8 Å². The van der Waals surface area contributed by atoms with Crippen LogP contribution in [0.3, 0.4) is 0 Å². The van der Waals surface area contributed by atoms with Crippen LogP contribution in [-0.2, 0) is 14.2 Å². The Labute approximate surface area is 145 Å².